The number of benzene rings is 1. The second-order valence-corrected chi connectivity index (χ2v) is 6.05. The summed E-state index contributed by atoms with van der Waals surface area (Å²) in [5, 5.41) is 11.7. The molecule has 3 rings (SSSR count). The molecule has 0 aliphatic carbocycles. The Balaban J connectivity index is 1.80. The van der Waals surface area contributed by atoms with Crippen LogP contribution in [0.25, 0.3) is 0 Å². The Bertz CT molecular complexity index is 705. The number of aryl methyl sites for hydroxylation is 2. The van der Waals surface area contributed by atoms with Crippen molar-refractivity contribution in [2.24, 2.45) is 0 Å². The summed E-state index contributed by atoms with van der Waals surface area (Å²) in [5.74, 6) is 1.29. The fraction of sp³-hybridized carbons (Fsp3) is 0.444. The molecule has 0 atom stereocenters. The topological polar surface area (TPSA) is 74.2 Å². The first kappa shape index (κ1) is 17.1. The number of carbonyl (C=O) groups excluding carboxylic acids is 1. The van der Waals surface area contributed by atoms with Gasteiger partial charge in [-0.2, -0.15) is 10.1 Å². The number of nitrogens with one attached hydrogen (secondary N) is 1. The average Bonchev–Trinajstić information content (AvgIpc) is 2.68. The van der Waals surface area contributed by atoms with Crippen LogP contribution in [0.3, 0.4) is 0 Å². The van der Waals surface area contributed by atoms with Crippen LogP contribution in [-0.4, -0.2) is 52.7 Å². The smallest absolute Gasteiger partial charge is 0.247 e. The zero-order valence-corrected chi connectivity index (χ0v) is 14.8. The second-order valence-electron chi connectivity index (χ2n) is 6.05. The van der Waals surface area contributed by atoms with Gasteiger partial charge in [-0.05, 0) is 24.0 Å². The molecule has 2 heterocycles. The molecule has 1 N–H and O–H groups in total. The largest absolute Gasteiger partial charge is 0.342 e. The molecule has 25 heavy (non-hydrogen) atoms. The zero-order chi connectivity index (χ0) is 17.6. The normalized spacial score (nSPS) is 14.5. The minimum atomic E-state index is 0.600. The molecular formula is C18H24N6O. The summed E-state index contributed by atoms with van der Waals surface area (Å²) in [6.45, 7) is 7.10. The minimum absolute atomic E-state index is 0.600. The van der Waals surface area contributed by atoms with Gasteiger partial charge in [-0.1, -0.05) is 32.0 Å². The number of carbonyl (C=O) groups is 1. The first-order valence-electron chi connectivity index (χ1n) is 8.77. The van der Waals surface area contributed by atoms with Crippen LogP contribution in [0.15, 0.2) is 24.4 Å². The van der Waals surface area contributed by atoms with Crippen LogP contribution in [-0.2, 0) is 17.6 Å². The Morgan fingerprint density at radius 1 is 1.12 bits per heavy atom. The van der Waals surface area contributed by atoms with Crippen molar-refractivity contribution in [2.45, 2.75) is 26.7 Å². The Labute approximate surface area is 148 Å². The van der Waals surface area contributed by atoms with Crippen molar-refractivity contribution < 1.29 is 4.79 Å². The van der Waals surface area contributed by atoms with Gasteiger partial charge in [0.1, 0.15) is 0 Å². The maximum Gasteiger partial charge on any atom is 0.247 e. The van der Waals surface area contributed by atoms with Gasteiger partial charge >= 0.3 is 0 Å². The Morgan fingerprint density at radius 2 is 1.80 bits per heavy atom. The highest BCUT2D eigenvalue weighted by Crippen LogP contribution is 2.26. The lowest BCUT2D eigenvalue weighted by atomic mass is 10.0. The van der Waals surface area contributed by atoms with Gasteiger partial charge in [0.15, 0.2) is 5.82 Å². The minimum Gasteiger partial charge on any atom is -0.342 e. The van der Waals surface area contributed by atoms with Gasteiger partial charge in [-0.25, -0.2) is 0 Å². The van der Waals surface area contributed by atoms with Gasteiger partial charge in [0, 0.05) is 31.9 Å². The maximum absolute atomic E-state index is 10.8. The lowest BCUT2D eigenvalue weighted by Crippen LogP contribution is -2.46. The monoisotopic (exact) mass is 340 g/mol. The molecule has 0 saturated carbocycles. The molecule has 0 unspecified atom stereocenters. The molecule has 132 valence electrons. The first-order valence-corrected chi connectivity index (χ1v) is 8.77. The van der Waals surface area contributed by atoms with E-state index in [-0.39, 0.29) is 0 Å². The van der Waals surface area contributed by atoms with Crippen molar-refractivity contribution in [1.29, 1.82) is 0 Å². The molecule has 0 bridgehead atoms. The summed E-state index contributed by atoms with van der Waals surface area (Å²) in [6.07, 6.45) is 4.45. The van der Waals surface area contributed by atoms with Crippen LogP contribution >= 0.6 is 0 Å². The highest BCUT2D eigenvalue weighted by Gasteiger charge is 2.18. The molecule has 7 nitrogen and oxygen atoms in total. The van der Waals surface area contributed by atoms with Crippen molar-refractivity contribution in [3.63, 3.8) is 0 Å². The van der Waals surface area contributed by atoms with E-state index in [0.29, 0.717) is 24.9 Å². The van der Waals surface area contributed by atoms with Crippen molar-refractivity contribution in [1.82, 2.24) is 20.1 Å². The Hall–Kier alpha value is -2.70. The van der Waals surface area contributed by atoms with Crippen molar-refractivity contribution >= 4 is 23.9 Å². The van der Waals surface area contributed by atoms with Gasteiger partial charge in [0.05, 0.1) is 6.20 Å². The molecule has 1 fully saturated rings. The number of aromatic nitrogens is 3. The fourth-order valence-corrected chi connectivity index (χ4v) is 3.05. The second kappa shape index (κ2) is 7.92. The maximum atomic E-state index is 10.8. The Morgan fingerprint density at radius 3 is 2.40 bits per heavy atom. The number of amides is 1. The van der Waals surface area contributed by atoms with Gasteiger partial charge in [-0.3, -0.25) is 4.79 Å². The number of rotatable bonds is 6. The van der Waals surface area contributed by atoms with Crippen LogP contribution in [0.1, 0.15) is 25.0 Å². The summed E-state index contributed by atoms with van der Waals surface area (Å²) in [5.41, 5.74) is 3.64. The van der Waals surface area contributed by atoms with E-state index in [2.05, 4.69) is 57.4 Å². The zero-order valence-electron chi connectivity index (χ0n) is 14.8. The molecule has 2 aromatic rings. The van der Waals surface area contributed by atoms with E-state index < -0.39 is 0 Å². The summed E-state index contributed by atoms with van der Waals surface area (Å²) in [4.78, 5) is 19.3. The molecular weight excluding hydrogens is 316 g/mol. The molecule has 1 aromatic carbocycles. The number of piperazine rings is 1. The lowest BCUT2D eigenvalue weighted by Gasteiger charge is -2.32. The predicted octanol–water partition coefficient (Wildman–Crippen LogP) is 2.02. The molecule has 1 aromatic heterocycles. The molecule has 1 aliphatic heterocycles. The van der Waals surface area contributed by atoms with Crippen LogP contribution < -0.4 is 10.2 Å². The van der Waals surface area contributed by atoms with E-state index in [1.807, 2.05) is 0 Å². The molecule has 0 radical (unpaired) electrons. The highest BCUT2D eigenvalue weighted by molar-refractivity contribution is 5.65. The van der Waals surface area contributed by atoms with Gasteiger partial charge < -0.3 is 15.1 Å². The Kier molecular flexibility index (Phi) is 5.42. The van der Waals surface area contributed by atoms with Crippen LogP contribution in [0, 0.1) is 0 Å². The summed E-state index contributed by atoms with van der Waals surface area (Å²) >= 11 is 0. The molecule has 7 heteroatoms. The summed E-state index contributed by atoms with van der Waals surface area (Å²) in [7, 11) is 0. The first-order chi connectivity index (χ1) is 12.2. The molecule has 1 amide bonds. The summed E-state index contributed by atoms with van der Waals surface area (Å²) < 4.78 is 0. The number of para-hydroxylation sites is 1. The van der Waals surface area contributed by atoms with E-state index in [1.165, 1.54) is 11.1 Å². The fourth-order valence-electron chi connectivity index (χ4n) is 3.05. The van der Waals surface area contributed by atoms with Crippen molar-refractivity contribution in [3.8, 4) is 0 Å². The van der Waals surface area contributed by atoms with Crippen LogP contribution in [0.5, 0.6) is 0 Å². The van der Waals surface area contributed by atoms with E-state index in [0.717, 1.165) is 38.0 Å². The molecule has 1 saturated heterocycles. The predicted molar refractivity (Wildman–Crippen MR) is 98.2 cm³/mol. The van der Waals surface area contributed by atoms with Gasteiger partial charge in [0.2, 0.25) is 12.4 Å². The summed E-state index contributed by atoms with van der Waals surface area (Å²) in [6, 6.07) is 6.37. The van der Waals surface area contributed by atoms with E-state index >= 15 is 0 Å². The highest BCUT2D eigenvalue weighted by atomic mass is 16.1. The SMILES string of the molecule is CCc1cccc(CC)c1Nc1cnnc(N2CCN(C=O)CC2)n1. The van der Waals surface area contributed by atoms with Gasteiger partial charge in [0.25, 0.3) is 0 Å². The van der Waals surface area contributed by atoms with Crippen molar-refractivity contribution in [2.75, 3.05) is 36.4 Å². The van der Waals surface area contributed by atoms with Gasteiger partial charge in [-0.15, -0.1) is 5.10 Å². The van der Waals surface area contributed by atoms with E-state index in [9.17, 15) is 4.79 Å². The number of hydrogen-bond acceptors (Lipinski definition) is 6. The van der Waals surface area contributed by atoms with E-state index in [1.54, 1.807) is 11.1 Å². The van der Waals surface area contributed by atoms with Crippen molar-refractivity contribution in [3.05, 3.63) is 35.5 Å². The average molecular weight is 340 g/mol. The standard InChI is InChI=1S/C18H24N6O/c1-3-14-6-5-7-15(4-2)17(14)20-16-12-19-22-18(21-16)24-10-8-23(13-25)9-11-24/h5-7,12-13H,3-4,8-11H2,1-2H3,(H,20,21,22). The third-order valence-corrected chi connectivity index (χ3v) is 4.55. The number of nitrogens with zero attached hydrogens (tertiary/aromatic N) is 5. The number of hydrogen-bond donors (Lipinski definition) is 1. The van der Waals surface area contributed by atoms with E-state index in [4.69, 9.17) is 0 Å². The third kappa shape index (κ3) is 3.87. The quantitative estimate of drug-likeness (QED) is 0.811. The van der Waals surface area contributed by atoms with Crippen LogP contribution in [0.4, 0.5) is 17.5 Å². The van der Waals surface area contributed by atoms with Crippen LogP contribution in [0.2, 0.25) is 0 Å². The molecule has 0 spiro atoms. The number of anilines is 3. The third-order valence-electron chi connectivity index (χ3n) is 4.55. The lowest BCUT2D eigenvalue weighted by molar-refractivity contribution is -0.118. The molecule has 1 aliphatic rings.